The van der Waals surface area contributed by atoms with Gasteiger partial charge in [0.1, 0.15) is 13.2 Å². The summed E-state index contributed by atoms with van der Waals surface area (Å²) in [6.07, 6.45) is -5.21. The molecule has 1 unspecified atom stereocenters. The van der Waals surface area contributed by atoms with Crippen molar-refractivity contribution in [2.45, 2.75) is 25.1 Å². The lowest BCUT2D eigenvalue weighted by Gasteiger charge is -2.22. The summed E-state index contributed by atoms with van der Waals surface area (Å²) in [4.78, 5) is 24.3. The molecule has 1 amide bonds. The zero-order chi connectivity index (χ0) is 20.1. The van der Waals surface area contributed by atoms with Gasteiger partial charge in [-0.1, -0.05) is 30.3 Å². The highest BCUT2D eigenvalue weighted by atomic mass is 19.4. The smallest absolute Gasteiger partial charge is 0.412 e. The third-order valence-electron chi connectivity index (χ3n) is 4.21. The predicted octanol–water partition coefficient (Wildman–Crippen LogP) is 3.84. The normalized spacial score (nSPS) is 14.2. The minimum absolute atomic E-state index is 0.0680. The molecule has 2 aromatic rings. The van der Waals surface area contributed by atoms with Gasteiger partial charge >= 0.3 is 6.18 Å². The van der Waals surface area contributed by atoms with Crippen LogP contribution in [0.5, 0.6) is 11.5 Å². The van der Waals surface area contributed by atoms with Crippen molar-refractivity contribution < 1.29 is 32.2 Å². The van der Waals surface area contributed by atoms with Crippen molar-refractivity contribution in [1.29, 1.82) is 0 Å². The van der Waals surface area contributed by atoms with Crippen molar-refractivity contribution >= 4 is 11.7 Å². The molecule has 5 nitrogen and oxygen atoms in total. The number of nitrogens with one attached hydrogen (secondary N) is 1. The maximum absolute atomic E-state index is 13.3. The van der Waals surface area contributed by atoms with E-state index in [1.807, 2.05) is 5.32 Å². The zero-order valence-corrected chi connectivity index (χ0v) is 14.8. The molecule has 1 heterocycles. The molecule has 28 heavy (non-hydrogen) atoms. The van der Waals surface area contributed by atoms with Crippen LogP contribution in [0.3, 0.4) is 0 Å². The van der Waals surface area contributed by atoms with Crippen molar-refractivity contribution in [1.82, 2.24) is 5.32 Å². The van der Waals surface area contributed by atoms with Crippen LogP contribution in [-0.4, -0.2) is 31.1 Å². The van der Waals surface area contributed by atoms with Gasteiger partial charge in [0.2, 0.25) is 5.91 Å². The summed E-state index contributed by atoms with van der Waals surface area (Å²) in [7, 11) is 0. The Hall–Kier alpha value is -3.03. The molecule has 8 heteroatoms. The van der Waals surface area contributed by atoms with Crippen LogP contribution < -0.4 is 14.8 Å². The Kier molecular flexibility index (Phi) is 5.87. The molecule has 0 radical (unpaired) electrons. The van der Waals surface area contributed by atoms with E-state index in [0.717, 1.165) is 0 Å². The molecule has 148 valence electrons. The van der Waals surface area contributed by atoms with Gasteiger partial charge in [-0.05, 0) is 23.8 Å². The molecule has 1 aliphatic rings. The van der Waals surface area contributed by atoms with Crippen molar-refractivity contribution in [3.05, 3.63) is 59.7 Å². The molecule has 2 aromatic carbocycles. The van der Waals surface area contributed by atoms with Crippen LogP contribution in [0.4, 0.5) is 13.2 Å². The Labute approximate surface area is 159 Å². The fourth-order valence-electron chi connectivity index (χ4n) is 2.82. The van der Waals surface area contributed by atoms with Gasteiger partial charge in [0.05, 0.1) is 0 Å². The topological polar surface area (TPSA) is 64.6 Å². The summed E-state index contributed by atoms with van der Waals surface area (Å²) in [5.74, 6) is -0.258. The maximum Gasteiger partial charge on any atom is 0.412 e. The third kappa shape index (κ3) is 4.82. The molecule has 0 aromatic heterocycles. The minimum Gasteiger partial charge on any atom is -0.486 e. The van der Waals surface area contributed by atoms with E-state index < -0.39 is 18.1 Å². The van der Waals surface area contributed by atoms with Gasteiger partial charge in [-0.15, -0.1) is 0 Å². The number of carbonyl (C=O) groups excluding carboxylic acids is 2. The lowest BCUT2D eigenvalue weighted by atomic mass is 10.0. The number of carbonyl (C=O) groups is 2. The minimum atomic E-state index is -4.64. The van der Waals surface area contributed by atoms with Crippen LogP contribution in [0.25, 0.3) is 0 Å². The van der Waals surface area contributed by atoms with E-state index in [1.54, 1.807) is 12.1 Å². The molecule has 0 spiro atoms. The van der Waals surface area contributed by atoms with Gasteiger partial charge < -0.3 is 14.8 Å². The lowest BCUT2D eigenvalue weighted by Crippen LogP contribution is -2.38. The molecule has 0 saturated carbocycles. The number of benzene rings is 2. The van der Waals surface area contributed by atoms with Crippen molar-refractivity contribution in [3.63, 3.8) is 0 Å². The van der Waals surface area contributed by atoms with Gasteiger partial charge in [-0.3, -0.25) is 9.59 Å². The second-order valence-electron chi connectivity index (χ2n) is 6.23. The van der Waals surface area contributed by atoms with Gasteiger partial charge in [-0.2, -0.15) is 13.2 Å². The number of ketones is 1. The molecule has 3 rings (SSSR count). The van der Waals surface area contributed by atoms with Gasteiger partial charge in [0, 0.05) is 18.4 Å². The number of fused-ring (bicyclic) bond motifs is 1. The monoisotopic (exact) mass is 393 g/mol. The first-order chi connectivity index (χ1) is 13.3. The first kappa shape index (κ1) is 19.7. The van der Waals surface area contributed by atoms with Gasteiger partial charge in [0.25, 0.3) is 0 Å². The summed E-state index contributed by atoms with van der Waals surface area (Å²) in [5, 5.41) is 1.97. The summed E-state index contributed by atoms with van der Waals surface area (Å²) >= 11 is 0. The number of hydrogen-bond acceptors (Lipinski definition) is 4. The fourth-order valence-corrected chi connectivity index (χ4v) is 2.82. The number of alkyl halides is 3. The quantitative estimate of drug-likeness (QED) is 0.758. The Bertz CT molecular complexity index is 852. The van der Waals surface area contributed by atoms with E-state index in [9.17, 15) is 22.8 Å². The summed E-state index contributed by atoms with van der Waals surface area (Å²) in [5.41, 5.74) is 0.244. The van der Waals surface area contributed by atoms with Gasteiger partial charge in [0.15, 0.2) is 23.3 Å². The molecule has 0 aliphatic carbocycles. The standard InChI is InChI=1S/C20H18F3NO4/c21-20(22,23)19(13-4-2-1-3-5-13)24-18(26)9-7-15(25)14-6-8-16-17(12-14)28-11-10-27-16/h1-6,8,12,19H,7,9-11H2,(H,24,26). The number of rotatable bonds is 6. The summed E-state index contributed by atoms with van der Waals surface area (Å²) < 4.78 is 50.6. The molecular formula is C20H18F3NO4. The van der Waals surface area contributed by atoms with Crippen molar-refractivity contribution in [2.75, 3.05) is 13.2 Å². The van der Waals surface area contributed by atoms with Gasteiger partial charge in [-0.25, -0.2) is 0 Å². The molecule has 1 atom stereocenters. The largest absolute Gasteiger partial charge is 0.486 e. The Morgan fingerprint density at radius 3 is 2.32 bits per heavy atom. The Morgan fingerprint density at radius 2 is 1.64 bits per heavy atom. The molecule has 1 N–H and O–H groups in total. The number of hydrogen-bond donors (Lipinski definition) is 1. The van der Waals surface area contributed by atoms with E-state index in [1.165, 1.54) is 36.4 Å². The molecule has 0 saturated heterocycles. The highest BCUT2D eigenvalue weighted by Crippen LogP contribution is 2.33. The Balaban J connectivity index is 1.60. The number of halogens is 3. The van der Waals surface area contributed by atoms with Crippen LogP contribution in [-0.2, 0) is 4.79 Å². The van der Waals surface area contributed by atoms with E-state index in [4.69, 9.17) is 9.47 Å². The van der Waals surface area contributed by atoms with Crippen LogP contribution in [0.1, 0.15) is 34.8 Å². The number of amides is 1. The summed E-state index contributed by atoms with van der Waals surface area (Å²) in [6, 6.07) is 9.62. The molecule has 0 bridgehead atoms. The maximum atomic E-state index is 13.3. The van der Waals surface area contributed by atoms with E-state index in [-0.39, 0.29) is 24.2 Å². The van der Waals surface area contributed by atoms with Crippen LogP contribution in [0, 0.1) is 0 Å². The fraction of sp³-hybridized carbons (Fsp3) is 0.300. The van der Waals surface area contributed by atoms with E-state index in [0.29, 0.717) is 30.3 Å². The summed E-state index contributed by atoms with van der Waals surface area (Å²) in [6.45, 7) is 0.785. The first-order valence-corrected chi connectivity index (χ1v) is 8.68. The third-order valence-corrected chi connectivity index (χ3v) is 4.21. The first-order valence-electron chi connectivity index (χ1n) is 8.68. The van der Waals surface area contributed by atoms with Crippen molar-refractivity contribution in [2.24, 2.45) is 0 Å². The van der Waals surface area contributed by atoms with E-state index >= 15 is 0 Å². The molecule has 1 aliphatic heterocycles. The van der Waals surface area contributed by atoms with Crippen LogP contribution in [0.15, 0.2) is 48.5 Å². The number of ether oxygens (including phenoxy) is 2. The average Bonchev–Trinajstić information content (AvgIpc) is 2.69. The molecular weight excluding hydrogens is 375 g/mol. The lowest BCUT2D eigenvalue weighted by molar-refractivity contribution is -0.163. The van der Waals surface area contributed by atoms with Crippen LogP contribution in [0.2, 0.25) is 0 Å². The Morgan fingerprint density at radius 1 is 0.964 bits per heavy atom. The SMILES string of the molecule is O=C(CCC(=O)c1ccc2c(c1)OCCO2)NC(c1ccccc1)C(F)(F)F. The second kappa shape index (κ2) is 8.33. The second-order valence-corrected chi connectivity index (χ2v) is 6.23. The zero-order valence-electron chi connectivity index (χ0n) is 14.8. The average molecular weight is 393 g/mol. The highest BCUT2D eigenvalue weighted by Gasteiger charge is 2.41. The molecule has 0 fully saturated rings. The van der Waals surface area contributed by atoms with Crippen LogP contribution >= 0.6 is 0 Å². The van der Waals surface area contributed by atoms with E-state index in [2.05, 4.69) is 0 Å². The number of Topliss-reactive ketones (excluding diaryl/α,β-unsaturated/α-hetero) is 1. The highest BCUT2D eigenvalue weighted by molar-refractivity contribution is 5.98. The van der Waals surface area contributed by atoms with Crippen molar-refractivity contribution in [3.8, 4) is 11.5 Å². The predicted molar refractivity (Wildman–Crippen MR) is 94.4 cm³/mol.